The molecule has 16 nitrogen and oxygen atoms in total. The molecule has 0 aliphatic carbocycles. The Kier molecular flexibility index (Phi) is 12.8. The lowest BCUT2D eigenvalue weighted by Crippen LogP contribution is -2.46. The minimum atomic E-state index is -4.28. The van der Waals surface area contributed by atoms with E-state index in [-0.39, 0.29) is 30.7 Å². The predicted molar refractivity (Wildman–Crippen MR) is 166 cm³/mol. The van der Waals surface area contributed by atoms with E-state index in [0.717, 1.165) is 6.42 Å². The van der Waals surface area contributed by atoms with Crippen LogP contribution in [0.5, 0.6) is 0 Å². The number of hydrogen-bond donors (Lipinski definition) is 3. The first kappa shape index (κ1) is 37.4. The molecule has 3 N–H and O–H groups in total. The largest absolute Gasteiger partial charge is 0.509 e. The molecule has 1 aromatic rings. The zero-order chi connectivity index (χ0) is 34.4. The number of anilines is 1. The van der Waals surface area contributed by atoms with Crippen molar-refractivity contribution in [3.63, 3.8) is 0 Å². The van der Waals surface area contributed by atoms with Gasteiger partial charge in [0, 0.05) is 12.2 Å². The van der Waals surface area contributed by atoms with Gasteiger partial charge in [0.1, 0.15) is 24.0 Å². The maximum absolute atomic E-state index is 14.5. The van der Waals surface area contributed by atoms with Gasteiger partial charge in [-0.15, -0.1) is 0 Å². The Morgan fingerprint density at radius 3 is 2.09 bits per heavy atom. The van der Waals surface area contributed by atoms with Crippen LogP contribution in [-0.4, -0.2) is 84.4 Å². The first-order valence-corrected chi connectivity index (χ1v) is 17.0. The van der Waals surface area contributed by atoms with Crippen LogP contribution in [0.1, 0.15) is 74.0 Å². The summed E-state index contributed by atoms with van der Waals surface area (Å²) >= 11 is 0. The van der Waals surface area contributed by atoms with Gasteiger partial charge < -0.3 is 33.5 Å². The monoisotopic (exact) mass is 673 g/mol. The lowest BCUT2D eigenvalue weighted by Gasteiger charge is -2.30. The van der Waals surface area contributed by atoms with E-state index in [0.29, 0.717) is 5.82 Å². The second-order valence-electron chi connectivity index (χ2n) is 12.6. The molecule has 0 radical (unpaired) electrons. The molecule has 17 heteroatoms. The van der Waals surface area contributed by atoms with Gasteiger partial charge in [-0.3, -0.25) is 18.7 Å². The van der Waals surface area contributed by atoms with Crippen LogP contribution in [0.15, 0.2) is 17.1 Å². The average molecular weight is 674 g/mol. The molecule has 2 aliphatic rings. The molecule has 46 heavy (non-hydrogen) atoms. The Labute approximate surface area is 269 Å². The molecule has 1 aromatic heterocycles. The molecular formula is C29H48N5O11P. The normalized spacial score (nSPS) is 25.6. The van der Waals surface area contributed by atoms with Crippen LogP contribution in [0.2, 0.25) is 0 Å². The Bertz CT molecular complexity index is 1300. The number of fused-ring (bicyclic) bond motifs is 1. The molecule has 7 atom stereocenters. The summed E-state index contributed by atoms with van der Waals surface area (Å²) in [5, 5.41) is 8.63. The van der Waals surface area contributed by atoms with Gasteiger partial charge in [0.05, 0.1) is 20.8 Å². The van der Waals surface area contributed by atoms with Crippen molar-refractivity contribution < 1.29 is 47.2 Å². The third kappa shape index (κ3) is 9.06. The van der Waals surface area contributed by atoms with E-state index in [1.165, 1.54) is 25.0 Å². The third-order valence-corrected chi connectivity index (χ3v) is 9.59. The van der Waals surface area contributed by atoms with Gasteiger partial charge in [-0.25, -0.2) is 19.8 Å². The van der Waals surface area contributed by atoms with Crippen LogP contribution in [0.25, 0.3) is 0 Å². The van der Waals surface area contributed by atoms with E-state index in [9.17, 15) is 23.7 Å². The van der Waals surface area contributed by atoms with Gasteiger partial charge in [-0.1, -0.05) is 34.6 Å². The standard InChI is InChI=1S/C29H48N5O11P/c1-10-18(6)30-22-11-12-34(27(37)31-22)26-29(7)23(44-28(38)45-29)21(43-26)15-42-46(39,32-19(13-16(2)3)24(35)40-8)33-20(14-17(4)5)25(36)41-9/h11-12,16-21,23,26H,10,13-15H2,1-9H3,(H,30,31,37)(H2,32,33,39)/t18?,19?,20?,21-,23-,26-,29-,46?/m1/s1. The fourth-order valence-electron chi connectivity index (χ4n) is 5.32. The Hall–Kier alpha value is -3.04. The molecule has 0 bridgehead atoms. The van der Waals surface area contributed by atoms with Crippen molar-refractivity contribution in [1.82, 2.24) is 19.7 Å². The number of rotatable bonds is 17. The second-order valence-corrected chi connectivity index (χ2v) is 14.5. The Morgan fingerprint density at radius 1 is 1.04 bits per heavy atom. The molecule has 2 fully saturated rings. The highest BCUT2D eigenvalue weighted by atomic mass is 31.2. The summed E-state index contributed by atoms with van der Waals surface area (Å²) in [6, 6.07) is -0.456. The molecule has 0 aromatic carbocycles. The molecule has 3 heterocycles. The molecule has 2 aliphatic heterocycles. The van der Waals surface area contributed by atoms with Crippen LogP contribution in [0.4, 0.5) is 10.6 Å². The topological polar surface area (TPSA) is 195 Å². The van der Waals surface area contributed by atoms with Gasteiger partial charge in [-0.05, 0) is 51.0 Å². The van der Waals surface area contributed by atoms with Crippen molar-refractivity contribution in [2.24, 2.45) is 11.8 Å². The van der Waals surface area contributed by atoms with Gasteiger partial charge >= 0.3 is 31.5 Å². The van der Waals surface area contributed by atoms with E-state index in [1.54, 1.807) is 13.0 Å². The van der Waals surface area contributed by atoms with E-state index in [4.69, 9.17) is 28.2 Å². The van der Waals surface area contributed by atoms with Crippen molar-refractivity contribution in [3.05, 3.63) is 22.7 Å². The highest BCUT2D eigenvalue weighted by Crippen LogP contribution is 2.48. The molecule has 0 saturated carbocycles. The van der Waals surface area contributed by atoms with E-state index < -0.39 is 74.2 Å². The maximum atomic E-state index is 14.5. The zero-order valence-corrected chi connectivity index (χ0v) is 28.8. The van der Waals surface area contributed by atoms with Crippen LogP contribution in [-0.2, 0) is 42.4 Å². The first-order chi connectivity index (χ1) is 21.5. The van der Waals surface area contributed by atoms with Gasteiger partial charge in [0.15, 0.2) is 17.9 Å². The number of nitrogens with one attached hydrogen (secondary N) is 3. The molecule has 0 amide bonds. The Morgan fingerprint density at radius 2 is 1.61 bits per heavy atom. The minimum absolute atomic E-state index is 0.00880. The quantitative estimate of drug-likeness (QED) is 0.124. The summed E-state index contributed by atoms with van der Waals surface area (Å²) < 4.78 is 48.6. The number of hydrogen-bond acceptors (Lipinski definition) is 13. The minimum Gasteiger partial charge on any atom is -0.468 e. The Balaban J connectivity index is 1.93. The van der Waals surface area contributed by atoms with Crippen LogP contribution >= 0.6 is 7.67 Å². The molecule has 3 rings (SSSR count). The number of aromatic nitrogens is 2. The highest BCUT2D eigenvalue weighted by molar-refractivity contribution is 7.54. The molecule has 0 spiro atoms. The van der Waals surface area contributed by atoms with Crippen molar-refractivity contribution in [1.29, 1.82) is 0 Å². The molecule has 2 saturated heterocycles. The molecular weight excluding hydrogens is 625 g/mol. The smallest absolute Gasteiger partial charge is 0.468 e. The number of nitrogens with zero attached hydrogens (tertiary/aromatic N) is 2. The summed E-state index contributed by atoms with van der Waals surface area (Å²) in [5.74, 6) is -1.01. The van der Waals surface area contributed by atoms with Crippen molar-refractivity contribution in [2.75, 3.05) is 26.1 Å². The number of methoxy groups -OCH3 is 2. The second kappa shape index (κ2) is 15.7. The fourth-order valence-corrected chi connectivity index (χ4v) is 7.14. The van der Waals surface area contributed by atoms with Gasteiger partial charge in [0.2, 0.25) is 0 Å². The van der Waals surface area contributed by atoms with Crippen LogP contribution < -0.4 is 21.2 Å². The van der Waals surface area contributed by atoms with E-state index in [2.05, 4.69) is 20.5 Å². The first-order valence-electron chi connectivity index (χ1n) is 15.4. The summed E-state index contributed by atoms with van der Waals surface area (Å²) in [4.78, 5) is 54.9. The summed E-state index contributed by atoms with van der Waals surface area (Å²) in [5.41, 5.74) is -2.15. The highest BCUT2D eigenvalue weighted by Gasteiger charge is 2.64. The summed E-state index contributed by atoms with van der Waals surface area (Å²) in [7, 11) is -1.87. The van der Waals surface area contributed by atoms with Crippen LogP contribution in [0.3, 0.4) is 0 Å². The number of carbonyl (C=O) groups excluding carboxylic acids is 3. The average Bonchev–Trinajstić information content (AvgIpc) is 3.43. The van der Waals surface area contributed by atoms with Crippen molar-refractivity contribution in [2.45, 2.75) is 110 Å². The van der Waals surface area contributed by atoms with Crippen molar-refractivity contribution >= 4 is 31.6 Å². The number of esters is 2. The van der Waals surface area contributed by atoms with Gasteiger partial charge in [0.25, 0.3) is 0 Å². The van der Waals surface area contributed by atoms with Gasteiger partial charge in [-0.2, -0.15) is 4.98 Å². The van der Waals surface area contributed by atoms with E-state index in [1.807, 2.05) is 41.5 Å². The van der Waals surface area contributed by atoms with Crippen LogP contribution in [0, 0.1) is 11.8 Å². The van der Waals surface area contributed by atoms with Crippen molar-refractivity contribution in [3.8, 4) is 0 Å². The summed E-state index contributed by atoms with van der Waals surface area (Å²) in [6.07, 6.45) is -1.57. The van der Waals surface area contributed by atoms with E-state index >= 15 is 0 Å². The number of ether oxygens (including phenoxy) is 5. The number of carbonyl (C=O) groups is 3. The third-order valence-electron chi connectivity index (χ3n) is 7.77. The maximum Gasteiger partial charge on any atom is 0.509 e. The SMILES string of the molecule is CCC(C)Nc1ccn([C@@H]2O[C@H](COP(=O)(NC(CC(C)C)C(=O)OC)NC(CC(C)C)C(=O)OC)[C@H]3OC(=O)O[C@]32C)c(=O)n1. The summed E-state index contributed by atoms with van der Waals surface area (Å²) in [6.45, 7) is 12.5. The predicted octanol–water partition coefficient (Wildman–Crippen LogP) is 3.12. The lowest BCUT2D eigenvalue weighted by molar-refractivity contribution is -0.143. The molecule has 260 valence electrons. The fraction of sp³-hybridized carbons (Fsp3) is 0.759. The lowest BCUT2D eigenvalue weighted by atomic mass is 9.96. The zero-order valence-electron chi connectivity index (χ0n) is 27.9. The molecule has 3 unspecified atom stereocenters.